The molecule has 4 nitrogen and oxygen atoms in total. The van der Waals surface area contributed by atoms with Gasteiger partial charge in [-0.05, 0) is 29.8 Å². The van der Waals surface area contributed by atoms with E-state index in [1.807, 2.05) is 0 Å². The van der Waals surface area contributed by atoms with Crippen molar-refractivity contribution in [2.24, 2.45) is 0 Å². The highest BCUT2D eigenvalue weighted by Gasteiger charge is 2.17. The van der Waals surface area contributed by atoms with Crippen molar-refractivity contribution in [3.8, 4) is 10.8 Å². The summed E-state index contributed by atoms with van der Waals surface area (Å²) in [6.07, 6.45) is 1.56. The fraction of sp³-hybridized carbons (Fsp3) is 0.125. The molecule has 22 heavy (non-hydrogen) atoms. The molecule has 0 aliphatic carbocycles. The van der Waals surface area contributed by atoms with Gasteiger partial charge in [0.25, 0.3) is 5.91 Å². The lowest BCUT2D eigenvalue weighted by molar-refractivity contribution is 0.0780. The first kappa shape index (κ1) is 14.5. The molecule has 0 unspecified atom stereocenters. The van der Waals surface area contributed by atoms with E-state index in [2.05, 4.69) is 4.98 Å². The van der Waals surface area contributed by atoms with Crippen LogP contribution in [-0.2, 0) is 6.54 Å². The zero-order valence-electron chi connectivity index (χ0n) is 11.8. The Morgan fingerprint density at radius 3 is 2.95 bits per heavy atom. The minimum Gasteiger partial charge on any atom is -0.462 e. The maximum Gasteiger partial charge on any atom is 0.273 e. The van der Waals surface area contributed by atoms with E-state index >= 15 is 0 Å². The molecule has 1 aromatic carbocycles. The molecule has 3 rings (SSSR count). The highest BCUT2D eigenvalue weighted by Crippen LogP contribution is 2.24. The molecule has 2 heterocycles. The summed E-state index contributed by atoms with van der Waals surface area (Å²) in [6.45, 7) is 0.324. The standard InChI is InChI=1S/C16H13FN2O2S/c1-19(9-11-4-2-5-12(17)8-11)16(20)13-10-22-15(18-13)14-6-3-7-21-14/h2-8,10H,9H2,1H3. The first-order chi connectivity index (χ1) is 10.6. The monoisotopic (exact) mass is 316 g/mol. The molecule has 0 saturated heterocycles. The van der Waals surface area contributed by atoms with Gasteiger partial charge in [0.2, 0.25) is 0 Å². The summed E-state index contributed by atoms with van der Waals surface area (Å²) in [6, 6.07) is 9.77. The molecule has 6 heteroatoms. The van der Waals surface area contributed by atoms with Gasteiger partial charge in [-0.1, -0.05) is 12.1 Å². The number of halogens is 1. The van der Waals surface area contributed by atoms with E-state index in [1.165, 1.54) is 28.4 Å². The van der Waals surface area contributed by atoms with Gasteiger partial charge in [0.1, 0.15) is 11.5 Å². The molecule has 112 valence electrons. The van der Waals surface area contributed by atoms with Gasteiger partial charge < -0.3 is 9.32 Å². The maximum absolute atomic E-state index is 13.2. The quantitative estimate of drug-likeness (QED) is 0.735. The number of carbonyl (C=O) groups excluding carboxylic acids is 1. The predicted octanol–water partition coefficient (Wildman–Crippen LogP) is 3.81. The third kappa shape index (κ3) is 3.07. The Bertz CT molecular complexity index is 783. The molecule has 0 radical (unpaired) electrons. The van der Waals surface area contributed by atoms with Gasteiger partial charge >= 0.3 is 0 Å². The highest BCUT2D eigenvalue weighted by molar-refractivity contribution is 7.13. The fourth-order valence-electron chi connectivity index (χ4n) is 2.06. The van der Waals surface area contributed by atoms with E-state index in [0.717, 1.165) is 5.56 Å². The van der Waals surface area contributed by atoms with Crippen molar-refractivity contribution in [1.82, 2.24) is 9.88 Å². The van der Waals surface area contributed by atoms with Gasteiger partial charge in [0.05, 0.1) is 6.26 Å². The molecule has 0 saturated carbocycles. The number of thiazole rings is 1. The summed E-state index contributed by atoms with van der Waals surface area (Å²) in [5.74, 6) is 0.113. The minimum atomic E-state index is -0.313. The van der Waals surface area contributed by atoms with Crippen LogP contribution in [0.5, 0.6) is 0 Å². The number of aromatic nitrogens is 1. The molecule has 0 bridgehead atoms. The average molecular weight is 316 g/mol. The molecule has 0 fully saturated rings. The second-order valence-electron chi connectivity index (χ2n) is 4.81. The lowest BCUT2D eigenvalue weighted by Gasteiger charge is -2.15. The van der Waals surface area contributed by atoms with Crippen LogP contribution >= 0.6 is 11.3 Å². The maximum atomic E-state index is 13.2. The van der Waals surface area contributed by atoms with Gasteiger partial charge in [-0.15, -0.1) is 11.3 Å². The van der Waals surface area contributed by atoms with Crippen LogP contribution in [0.4, 0.5) is 4.39 Å². The van der Waals surface area contributed by atoms with Crippen molar-refractivity contribution in [3.63, 3.8) is 0 Å². The number of benzene rings is 1. The molecule has 0 aliphatic rings. The number of furan rings is 1. The van der Waals surface area contributed by atoms with Crippen molar-refractivity contribution in [2.75, 3.05) is 7.05 Å². The lowest BCUT2D eigenvalue weighted by atomic mass is 10.2. The second kappa shape index (κ2) is 6.11. The van der Waals surface area contributed by atoms with Gasteiger partial charge in [-0.25, -0.2) is 9.37 Å². The van der Waals surface area contributed by atoms with Crippen molar-refractivity contribution in [3.05, 3.63) is 65.1 Å². The van der Waals surface area contributed by atoms with Gasteiger partial charge in [-0.2, -0.15) is 0 Å². The van der Waals surface area contributed by atoms with Crippen molar-refractivity contribution >= 4 is 17.2 Å². The van der Waals surface area contributed by atoms with Crippen molar-refractivity contribution in [1.29, 1.82) is 0 Å². The topological polar surface area (TPSA) is 46.3 Å². The molecule has 0 atom stereocenters. The zero-order valence-corrected chi connectivity index (χ0v) is 12.6. The Kier molecular flexibility index (Phi) is 4.02. The summed E-state index contributed by atoms with van der Waals surface area (Å²) in [5, 5.41) is 2.36. The second-order valence-corrected chi connectivity index (χ2v) is 5.66. The molecular formula is C16H13FN2O2S. The molecule has 0 aliphatic heterocycles. The van der Waals surface area contributed by atoms with E-state index in [9.17, 15) is 9.18 Å². The van der Waals surface area contributed by atoms with E-state index in [-0.39, 0.29) is 11.7 Å². The number of hydrogen-bond donors (Lipinski definition) is 0. The zero-order chi connectivity index (χ0) is 15.5. The van der Waals surface area contributed by atoms with E-state index in [0.29, 0.717) is 23.0 Å². The average Bonchev–Trinajstić information content (AvgIpc) is 3.17. The Morgan fingerprint density at radius 1 is 1.36 bits per heavy atom. The smallest absolute Gasteiger partial charge is 0.273 e. The van der Waals surface area contributed by atoms with Gasteiger partial charge in [0, 0.05) is 19.0 Å². The number of rotatable bonds is 4. The Labute approximate surface area is 130 Å². The van der Waals surface area contributed by atoms with Crippen LogP contribution in [0.1, 0.15) is 16.1 Å². The van der Waals surface area contributed by atoms with Crippen molar-refractivity contribution < 1.29 is 13.6 Å². The largest absolute Gasteiger partial charge is 0.462 e. The van der Waals surface area contributed by atoms with Crippen LogP contribution in [0.15, 0.2) is 52.5 Å². The summed E-state index contributed by atoms with van der Waals surface area (Å²) < 4.78 is 18.4. The number of nitrogens with zero attached hydrogens (tertiary/aromatic N) is 2. The molecule has 1 amide bonds. The minimum absolute atomic E-state index is 0.210. The Hall–Kier alpha value is -2.47. The van der Waals surface area contributed by atoms with Gasteiger partial charge in [0.15, 0.2) is 10.8 Å². The molecule has 0 spiro atoms. The summed E-state index contributed by atoms with van der Waals surface area (Å²) >= 11 is 1.35. The predicted molar refractivity (Wildman–Crippen MR) is 82.0 cm³/mol. The normalized spacial score (nSPS) is 10.6. The molecule has 2 aromatic heterocycles. The van der Waals surface area contributed by atoms with E-state index < -0.39 is 0 Å². The van der Waals surface area contributed by atoms with Gasteiger partial charge in [-0.3, -0.25) is 4.79 Å². The van der Waals surface area contributed by atoms with Crippen LogP contribution in [0.25, 0.3) is 10.8 Å². The third-order valence-electron chi connectivity index (χ3n) is 3.11. The number of carbonyl (C=O) groups is 1. The number of hydrogen-bond acceptors (Lipinski definition) is 4. The first-order valence-electron chi connectivity index (χ1n) is 6.63. The summed E-state index contributed by atoms with van der Waals surface area (Å²) in [7, 11) is 1.67. The van der Waals surface area contributed by atoms with Crippen LogP contribution in [0, 0.1) is 5.82 Å². The Balaban J connectivity index is 1.73. The van der Waals surface area contributed by atoms with Crippen LogP contribution in [0.2, 0.25) is 0 Å². The van der Waals surface area contributed by atoms with Crippen LogP contribution in [-0.4, -0.2) is 22.8 Å². The SMILES string of the molecule is CN(Cc1cccc(F)c1)C(=O)c1csc(-c2ccco2)n1. The highest BCUT2D eigenvalue weighted by atomic mass is 32.1. The fourth-order valence-corrected chi connectivity index (χ4v) is 2.82. The summed E-state index contributed by atoms with van der Waals surface area (Å²) in [5.41, 5.74) is 1.09. The van der Waals surface area contributed by atoms with Crippen LogP contribution < -0.4 is 0 Å². The Morgan fingerprint density at radius 2 is 2.23 bits per heavy atom. The van der Waals surface area contributed by atoms with Crippen LogP contribution in [0.3, 0.4) is 0 Å². The van der Waals surface area contributed by atoms with E-state index in [4.69, 9.17) is 4.42 Å². The lowest BCUT2D eigenvalue weighted by Crippen LogP contribution is -2.26. The number of amides is 1. The third-order valence-corrected chi connectivity index (χ3v) is 3.97. The molecule has 0 N–H and O–H groups in total. The molecular weight excluding hydrogens is 303 g/mol. The van der Waals surface area contributed by atoms with E-state index in [1.54, 1.807) is 43.0 Å². The van der Waals surface area contributed by atoms with Crippen molar-refractivity contribution in [2.45, 2.75) is 6.54 Å². The molecule has 3 aromatic rings. The first-order valence-corrected chi connectivity index (χ1v) is 7.51. The summed E-state index contributed by atoms with van der Waals surface area (Å²) in [4.78, 5) is 18.2.